The highest BCUT2D eigenvalue weighted by molar-refractivity contribution is 5.82. The Hall–Kier alpha value is -1.56. The molecular weight excluding hydrogens is 281 g/mol. The van der Waals surface area contributed by atoms with Crippen molar-refractivity contribution in [1.82, 2.24) is 10.2 Å². The first-order chi connectivity index (χ1) is 9.89. The lowest BCUT2D eigenvalue weighted by Crippen LogP contribution is -2.47. The molecule has 1 atom stereocenters. The topological polar surface area (TPSA) is 32.3 Å². The second-order valence-corrected chi connectivity index (χ2v) is 6.04. The van der Waals surface area contributed by atoms with E-state index in [1.165, 1.54) is 0 Å². The summed E-state index contributed by atoms with van der Waals surface area (Å²) in [4.78, 5) is 13.3. The van der Waals surface area contributed by atoms with Gasteiger partial charge in [0.1, 0.15) is 0 Å². The average molecular weight is 298 g/mol. The van der Waals surface area contributed by atoms with E-state index in [-0.39, 0.29) is 5.41 Å². The lowest BCUT2D eigenvalue weighted by molar-refractivity contribution is -0.174. The van der Waals surface area contributed by atoms with Gasteiger partial charge in [-0.05, 0) is 18.4 Å². The Morgan fingerprint density at radius 3 is 2.52 bits per heavy atom. The number of carbonyl (C=O) groups is 1. The Balaban J connectivity index is 1.63. The molecular formula is C15H17F3N2O. The van der Waals surface area contributed by atoms with Crippen LogP contribution in [0.4, 0.5) is 13.2 Å². The predicted molar refractivity (Wildman–Crippen MR) is 71.4 cm³/mol. The van der Waals surface area contributed by atoms with E-state index in [1.807, 2.05) is 30.3 Å². The number of likely N-dealkylation sites (tertiary alicyclic amines) is 1. The van der Waals surface area contributed by atoms with Gasteiger partial charge in [-0.3, -0.25) is 9.69 Å². The highest BCUT2D eigenvalue weighted by atomic mass is 19.4. The maximum atomic E-state index is 12.4. The molecule has 1 aromatic carbocycles. The number of carbonyl (C=O) groups excluding carboxylic acids is 1. The number of amides is 1. The molecule has 3 nitrogen and oxygen atoms in total. The summed E-state index contributed by atoms with van der Waals surface area (Å²) in [6.45, 7) is 1.95. The Labute approximate surface area is 121 Å². The quantitative estimate of drug-likeness (QED) is 0.929. The van der Waals surface area contributed by atoms with Gasteiger partial charge in [0.25, 0.3) is 0 Å². The molecule has 0 unspecified atom stereocenters. The van der Waals surface area contributed by atoms with E-state index in [0.29, 0.717) is 13.1 Å². The number of nitrogens with one attached hydrogen (secondary N) is 1. The van der Waals surface area contributed by atoms with E-state index in [4.69, 9.17) is 0 Å². The number of hydrogen-bond acceptors (Lipinski definition) is 2. The zero-order valence-electron chi connectivity index (χ0n) is 11.5. The number of halogens is 3. The van der Waals surface area contributed by atoms with Gasteiger partial charge in [-0.2, -0.15) is 13.2 Å². The van der Waals surface area contributed by atoms with Gasteiger partial charge in [-0.15, -0.1) is 0 Å². The third kappa shape index (κ3) is 3.05. The van der Waals surface area contributed by atoms with E-state index in [9.17, 15) is 18.0 Å². The molecule has 0 aromatic heterocycles. The molecule has 2 aliphatic rings. The molecule has 114 valence electrons. The van der Waals surface area contributed by atoms with Crippen molar-refractivity contribution in [2.24, 2.45) is 5.41 Å². The van der Waals surface area contributed by atoms with Crippen LogP contribution in [-0.4, -0.2) is 36.1 Å². The predicted octanol–water partition coefficient (Wildman–Crippen LogP) is 2.33. The summed E-state index contributed by atoms with van der Waals surface area (Å²) in [7, 11) is 0. The molecule has 0 radical (unpaired) electrons. The third-order valence-corrected chi connectivity index (χ3v) is 4.42. The number of hydrogen-bond donors (Lipinski definition) is 1. The van der Waals surface area contributed by atoms with E-state index in [0.717, 1.165) is 24.9 Å². The van der Waals surface area contributed by atoms with Crippen molar-refractivity contribution in [3.05, 3.63) is 35.9 Å². The van der Waals surface area contributed by atoms with E-state index < -0.39 is 18.1 Å². The maximum Gasteiger partial charge on any atom is 0.471 e. The molecule has 21 heavy (non-hydrogen) atoms. The summed E-state index contributed by atoms with van der Waals surface area (Å²) in [6, 6.07) is 9.43. The van der Waals surface area contributed by atoms with Crippen LogP contribution in [0.3, 0.4) is 0 Å². The lowest BCUT2D eigenvalue weighted by atomic mass is 10.0. The second kappa shape index (κ2) is 5.02. The zero-order chi connectivity index (χ0) is 15.1. The molecule has 1 spiro atoms. The van der Waals surface area contributed by atoms with Crippen LogP contribution in [0.1, 0.15) is 18.4 Å². The van der Waals surface area contributed by atoms with Gasteiger partial charge in [0.2, 0.25) is 0 Å². The van der Waals surface area contributed by atoms with Crippen LogP contribution in [-0.2, 0) is 11.3 Å². The molecule has 1 saturated carbocycles. The van der Waals surface area contributed by atoms with Crippen molar-refractivity contribution in [3.63, 3.8) is 0 Å². The summed E-state index contributed by atoms with van der Waals surface area (Å²) >= 11 is 0. The standard InChI is InChI=1S/C15H17F3N2O/c16-15(17,18)13(21)19-12-9-20(10-14(12)6-7-14)8-11-4-2-1-3-5-11/h1-5,12H,6-10H2,(H,19,21)/t12-/m1/s1. The van der Waals surface area contributed by atoms with Gasteiger partial charge in [0.15, 0.2) is 0 Å². The first-order valence-electron chi connectivity index (χ1n) is 7.03. The molecule has 1 N–H and O–H groups in total. The van der Waals surface area contributed by atoms with Gasteiger partial charge in [-0.25, -0.2) is 0 Å². The number of benzene rings is 1. The molecule has 1 aromatic rings. The summed E-state index contributed by atoms with van der Waals surface area (Å²) in [5, 5.41) is 2.18. The molecule has 1 aliphatic carbocycles. The van der Waals surface area contributed by atoms with Crippen LogP contribution in [0.2, 0.25) is 0 Å². The minimum Gasteiger partial charge on any atom is -0.344 e. The number of nitrogens with zero attached hydrogens (tertiary/aromatic N) is 1. The molecule has 2 fully saturated rings. The normalized spacial score (nSPS) is 24.2. The first-order valence-corrected chi connectivity index (χ1v) is 7.03. The minimum absolute atomic E-state index is 0.143. The minimum atomic E-state index is -4.80. The van der Waals surface area contributed by atoms with Crippen molar-refractivity contribution >= 4 is 5.91 Å². The van der Waals surface area contributed by atoms with Gasteiger partial charge >= 0.3 is 12.1 Å². The fraction of sp³-hybridized carbons (Fsp3) is 0.533. The Morgan fingerprint density at radius 1 is 1.29 bits per heavy atom. The summed E-state index contributed by atoms with van der Waals surface area (Å²) < 4.78 is 37.2. The molecule has 3 rings (SSSR count). The van der Waals surface area contributed by atoms with Crippen molar-refractivity contribution in [2.75, 3.05) is 13.1 Å². The Morgan fingerprint density at radius 2 is 1.95 bits per heavy atom. The van der Waals surface area contributed by atoms with Gasteiger partial charge in [-0.1, -0.05) is 30.3 Å². The van der Waals surface area contributed by atoms with E-state index >= 15 is 0 Å². The second-order valence-electron chi connectivity index (χ2n) is 6.04. The molecule has 1 saturated heterocycles. The van der Waals surface area contributed by atoms with Crippen LogP contribution < -0.4 is 5.32 Å². The molecule has 1 heterocycles. The fourth-order valence-corrected chi connectivity index (χ4v) is 3.14. The summed E-state index contributed by atoms with van der Waals surface area (Å²) in [5.41, 5.74) is 0.992. The maximum absolute atomic E-state index is 12.4. The highest BCUT2D eigenvalue weighted by Gasteiger charge is 2.56. The van der Waals surface area contributed by atoms with Crippen molar-refractivity contribution in [3.8, 4) is 0 Å². The number of alkyl halides is 3. The molecule has 1 amide bonds. The summed E-state index contributed by atoms with van der Waals surface area (Å²) in [6.07, 6.45) is -3.02. The van der Waals surface area contributed by atoms with Crippen LogP contribution in [0.5, 0.6) is 0 Å². The lowest BCUT2D eigenvalue weighted by Gasteiger charge is -2.19. The number of rotatable bonds is 3. The SMILES string of the molecule is O=C(N[C@@H]1CN(Cc2ccccc2)CC12CC2)C(F)(F)F. The largest absolute Gasteiger partial charge is 0.471 e. The smallest absolute Gasteiger partial charge is 0.344 e. The van der Waals surface area contributed by atoms with E-state index in [2.05, 4.69) is 10.2 Å². The highest BCUT2D eigenvalue weighted by Crippen LogP contribution is 2.53. The zero-order valence-corrected chi connectivity index (χ0v) is 11.5. The van der Waals surface area contributed by atoms with Crippen LogP contribution in [0.15, 0.2) is 30.3 Å². The van der Waals surface area contributed by atoms with Crippen LogP contribution in [0, 0.1) is 5.41 Å². The van der Waals surface area contributed by atoms with Gasteiger partial charge < -0.3 is 5.32 Å². The van der Waals surface area contributed by atoms with Crippen LogP contribution in [0.25, 0.3) is 0 Å². The molecule has 6 heteroatoms. The van der Waals surface area contributed by atoms with Crippen molar-refractivity contribution in [2.45, 2.75) is 31.6 Å². The monoisotopic (exact) mass is 298 g/mol. The fourth-order valence-electron chi connectivity index (χ4n) is 3.14. The molecule has 0 bridgehead atoms. The van der Waals surface area contributed by atoms with Gasteiger partial charge in [0, 0.05) is 31.1 Å². The third-order valence-electron chi connectivity index (χ3n) is 4.42. The Kier molecular flexibility index (Phi) is 3.43. The average Bonchev–Trinajstić information content (AvgIpc) is 3.10. The van der Waals surface area contributed by atoms with E-state index in [1.54, 1.807) is 0 Å². The molecule has 1 aliphatic heterocycles. The summed E-state index contributed by atoms with van der Waals surface area (Å²) in [5.74, 6) is -1.82. The van der Waals surface area contributed by atoms with Crippen molar-refractivity contribution in [1.29, 1.82) is 0 Å². The van der Waals surface area contributed by atoms with Gasteiger partial charge in [0.05, 0.1) is 0 Å². The Bertz CT molecular complexity index is 525. The van der Waals surface area contributed by atoms with Crippen LogP contribution >= 0.6 is 0 Å². The first kappa shape index (κ1) is 14.4. The van der Waals surface area contributed by atoms with Crippen molar-refractivity contribution < 1.29 is 18.0 Å².